The van der Waals surface area contributed by atoms with Crippen LogP contribution in [0.3, 0.4) is 0 Å². The lowest BCUT2D eigenvalue weighted by Gasteiger charge is -2.61. The van der Waals surface area contributed by atoms with E-state index in [4.69, 9.17) is 4.74 Å². The Hall–Kier alpha value is -0.450. The Bertz CT molecular complexity index is 453. The van der Waals surface area contributed by atoms with Crippen LogP contribution in [0.1, 0.15) is 56.5 Å². The van der Waals surface area contributed by atoms with Crippen molar-refractivity contribution < 1.29 is 4.74 Å². The first-order valence-electron chi connectivity index (χ1n) is 8.10. The van der Waals surface area contributed by atoms with Crippen molar-refractivity contribution in [3.05, 3.63) is 16.6 Å². The summed E-state index contributed by atoms with van der Waals surface area (Å²) in [5.74, 6) is 0.824. The third kappa shape index (κ3) is 2.04. The Morgan fingerprint density at radius 2 is 2.35 bits per heavy atom. The number of thiazole rings is 1. The predicted octanol–water partition coefficient (Wildman–Crippen LogP) is 3.53. The number of ether oxygens (including phenoxy) is 1. The summed E-state index contributed by atoms with van der Waals surface area (Å²) in [6.45, 7) is 2.98. The van der Waals surface area contributed by atoms with Crippen molar-refractivity contribution in [2.45, 2.75) is 63.6 Å². The minimum absolute atomic E-state index is 0.459. The van der Waals surface area contributed by atoms with Crippen molar-refractivity contribution in [2.75, 3.05) is 6.61 Å². The second-order valence-corrected chi connectivity index (χ2v) is 7.60. The molecule has 0 radical (unpaired) electrons. The van der Waals surface area contributed by atoms with E-state index in [1.165, 1.54) is 43.5 Å². The first-order valence-corrected chi connectivity index (χ1v) is 8.98. The molecule has 1 spiro atoms. The quantitative estimate of drug-likeness (QED) is 0.871. The summed E-state index contributed by atoms with van der Waals surface area (Å²) in [5.41, 5.74) is 0.459. The molecule has 0 aromatic carbocycles. The summed E-state index contributed by atoms with van der Waals surface area (Å²) in [5, 5.41) is 7.37. The van der Waals surface area contributed by atoms with E-state index in [0.29, 0.717) is 23.6 Å². The fourth-order valence-corrected chi connectivity index (χ4v) is 4.91. The van der Waals surface area contributed by atoms with Crippen LogP contribution in [0.25, 0.3) is 0 Å². The minimum atomic E-state index is 0.459. The molecule has 3 saturated carbocycles. The molecule has 1 aromatic rings. The molecule has 4 rings (SSSR count). The van der Waals surface area contributed by atoms with Gasteiger partial charge in [-0.15, -0.1) is 11.3 Å². The highest BCUT2D eigenvalue weighted by atomic mass is 32.1. The average Bonchev–Trinajstić information content (AvgIpc) is 3.05. The average molecular weight is 292 g/mol. The summed E-state index contributed by atoms with van der Waals surface area (Å²) in [6, 6.07) is 1.15. The Labute approximate surface area is 125 Å². The van der Waals surface area contributed by atoms with Gasteiger partial charge >= 0.3 is 0 Å². The molecule has 3 unspecified atom stereocenters. The van der Waals surface area contributed by atoms with Crippen LogP contribution in [0.5, 0.6) is 0 Å². The molecule has 0 amide bonds. The van der Waals surface area contributed by atoms with E-state index in [1.54, 1.807) is 0 Å². The zero-order valence-corrected chi connectivity index (χ0v) is 13.0. The minimum Gasteiger partial charge on any atom is -0.378 e. The highest BCUT2D eigenvalue weighted by molar-refractivity contribution is 7.09. The van der Waals surface area contributed by atoms with Crippen molar-refractivity contribution in [3.8, 4) is 0 Å². The van der Waals surface area contributed by atoms with Crippen LogP contribution in [-0.2, 0) is 4.74 Å². The Balaban J connectivity index is 1.46. The summed E-state index contributed by atoms with van der Waals surface area (Å²) >= 11 is 1.81. The van der Waals surface area contributed by atoms with Crippen LogP contribution in [-0.4, -0.2) is 23.7 Å². The van der Waals surface area contributed by atoms with Crippen LogP contribution in [0.15, 0.2) is 11.6 Å². The van der Waals surface area contributed by atoms with Crippen molar-refractivity contribution in [1.29, 1.82) is 0 Å². The molecule has 1 heterocycles. The van der Waals surface area contributed by atoms with Gasteiger partial charge in [0.1, 0.15) is 5.01 Å². The van der Waals surface area contributed by atoms with Gasteiger partial charge in [-0.1, -0.05) is 6.42 Å². The molecule has 3 nitrogen and oxygen atoms in total. The van der Waals surface area contributed by atoms with Gasteiger partial charge in [0, 0.05) is 29.6 Å². The van der Waals surface area contributed by atoms with E-state index in [-0.39, 0.29) is 0 Å². The smallest absolute Gasteiger partial charge is 0.110 e. The SMILES string of the molecule is CCOC1CC(NC(c2nccs2)C2CC2)C12CCC2. The van der Waals surface area contributed by atoms with Crippen molar-refractivity contribution in [1.82, 2.24) is 10.3 Å². The van der Waals surface area contributed by atoms with Crippen LogP contribution in [0, 0.1) is 11.3 Å². The lowest BCUT2D eigenvalue weighted by molar-refractivity contribution is -0.175. The Morgan fingerprint density at radius 3 is 2.90 bits per heavy atom. The molecule has 3 fully saturated rings. The van der Waals surface area contributed by atoms with Gasteiger partial charge < -0.3 is 10.1 Å². The summed E-state index contributed by atoms with van der Waals surface area (Å²) < 4.78 is 5.96. The van der Waals surface area contributed by atoms with Crippen LogP contribution in [0.2, 0.25) is 0 Å². The first kappa shape index (κ1) is 13.2. The van der Waals surface area contributed by atoms with E-state index in [9.17, 15) is 0 Å². The predicted molar refractivity (Wildman–Crippen MR) is 80.8 cm³/mol. The summed E-state index contributed by atoms with van der Waals surface area (Å²) in [6.07, 6.45) is 10.5. The molecule has 3 atom stereocenters. The zero-order valence-electron chi connectivity index (χ0n) is 12.2. The van der Waals surface area contributed by atoms with E-state index >= 15 is 0 Å². The van der Waals surface area contributed by atoms with Crippen LogP contribution < -0.4 is 5.32 Å². The van der Waals surface area contributed by atoms with E-state index in [2.05, 4.69) is 22.6 Å². The lowest BCUT2D eigenvalue weighted by atomic mass is 9.51. The van der Waals surface area contributed by atoms with Crippen molar-refractivity contribution in [2.24, 2.45) is 11.3 Å². The molecule has 110 valence electrons. The molecule has 3 aliphatic carbocycles. The number of hydrogen-bond donors (Lipinski definition) is 1. The zero-order chi connectivity index (χ0) is 13.6. The van der Waals surface area contributed by atoms with Gasteiger partial charge in [0.2, 0.25) is 0 Å². The molecule has 0 aliphatic heterocycles. The number of nitrogens with one attached hydrogen (secondary N) is 1. The Morgan fingerprint density at radius 1 is 1.50 bits per heavy atom. The Kier molecular flexibility index (Phi) is 3.36. The third-order valence-electron chi connectivity index (χ3n) is 5.63. The van der Waals surface area contributed by atoms with Gasteiger partial charge in [0.25, 0.3) is 0 Å². The summed E-state index contributed by atoms with van der Waals surface area (Å²) in [4.78, 5) is 4.56. The summed E-state index contributed by atoms with van der Waals surface area (Å²) in [7, 11) is 0. The second-order valence-electron chi connectivity index (χ2n) is 6.67. The largest absolute Gasteiger partial charge is 0.378 e. The van der Waals surface area contributed by atoms with Crippen LogP contribution in [0.4, 0.5) is 0 Å². The molecule has 20 heavy (non-hydrogen) atoms. The third-order valence-corrected chi connectivity index (χ3v) is 6.49. The molecule has 1 aromatic heterocycles. The maximum Gasteiger partial charge on any atom is 0.110 e. The van der Waals surface area contributed by atoms with Crippen LogP contribution >= 0.6 is 11.3 Å². The standard InChI is InChI=1S/C16H24N2OS/c1-2-19-13-10-12(16(13)6-3-7-16)18-14(11-4-5-11)15-17-8-9-20-15/h8-9,11-14,18H,2-7,10H2,1H3. The molecular weight excluding hydrogens is 268 g/mol. The lowest BCUT2D eigenvalue weighted by Crippen LogP contribution is -2.67. The maximum absolute atomic E-state index is 5.96. The van der Waals surface area contributed by atoms with Crippen molar-refractivity contribution in [3.63, 3.8) is 0 Å². The molecular formula is C16H24N2OS. The molecule has 0 bridgehead atoms. The monoisotopic (exact) mass is 292 g/mol. The second kappa shape index (κ2) is 5.08. The van der Waals surface area contributed by atoms with E-state index in [1.807, 2.05) is 17.5 Å². The molecule has 1 N–H and O–H groups in total. The van der Waals surface area contributed by atoms with Gasteiger partial charge in [0.15, 0.2) is 0 Å². The van der Waals surface area contributed by atoms with Gasteiger partial charge in [-0.3, -0.25) is 0 Å². The fraction of sp³-hybridized carbons (Fsp3) is 0.812. The van der Waals surface area contributed by atoms with Gasteiger partial charge in [-0.25, -0.2) is 4.98 Å². The first-order chi connectivity index (χ1) is 9.83. The topological polar surface area (TPSA) is 34.1 Å². The number of hydrogen-bond acceptors (Lipinski definition) is 4. The number of aromatic nitrogens is 1. The van der Waals surface area contributed by atoms with E-state index < -0.39 is 0 Å². The molecule has 3 aliphatic rings. The fourth-order valence-electron chi connectivity index (χ4n) is 4.12. The van der Waals surface area contributed by atoms with Gasteiger partial charge in [0.05, 0.1) is 12.1 Å². The number of rotatable bonds is 6. The highest BCUT2D eigenvalue weighted by Crippen LogP contribution is 2.58. The number of nitrogens with zero attached hydrogens (tertiary/aromatic N) is 1. The van der Waals surface area contributed by atoms with Gasteiger partial charge in [-0.05, 0) is 44.9 Å². The molecule has 4 heteroatoms. The van der Waals surface area contributed by atoms with Crippen molar-refractivity contribution >= 4 is 11.3 Å². The highest BCUT2D eigenvalue weighted by Gasteiger charge is 2.59. The van der Waals surface area contributed by atoms with E-state index in [0.717, 1.165) is 12.5 Å². The van der Waals surface area contributed by atoms with Gasteiger partial charge in [-0.2, -0.15) is 0 Å². The maximum atomic E-state index is 5.96. The normalized spacial score (nSPS) is 32.6. The molecule has 0 saturated heterocycles.